The second-order valence-electron chi connectivity index (χ2n) is 4.25. The molecule has 0 unspecified atom stereocenters. The molecule has 0 aliphatic heterocycles. The first-order chi connectivity index (χ1) is 9.63. The second kappa shape index (κ2) is 5.37. The summed E-state index contributed by atoms with van der Waals surface area (Å²) >= 11 is 2.99. The molecule has 3 rings (SSSR count). The quantitative estimate of drug-likeness (QED) is 0.681. The Bertz CT molecular complexity index is 718. The molecule has 0 radical (unpaired) electrons. The third-order valence-corrected chi connectivity index (χ3v) is 4.56. The Morgan fingerprint density at radius 2 is 2.15 bits per heavy atom. The van der Waals surface area contributed by atoms with Crippen LogP contribution in [-0.2, 0) is 0 Å². The summed E-state index contributed by atoms with van der Waals surface area (Å²) in [5.41, 5.74) is 1.13. The normalized spacial score (nSPS) is 12.8. The fourth-order valence-corrected chi connectivity index (χ4v) is 3.18. The van der Waals surface area contributed by atoms with Crippen LogP contribution in [0.1, 0.15) is 29.5 Å². The summed E-state index contributed by atoms with van der Waals surface area (Å²) in [5, 5.41) is 14.4. The van der Waals surface area contributed by atoms with Gasteiger partial charge in [0.2, 0.25) is 5.89 Å². The maximum absolute atomic E-state index is 5.67. The average Bonchev–Trinajstić information content (AvgIpc) is 3.10. The highest BCUT2D eigenvalue weighted by atomic mass is 32.2. The third-order valence-electron chi connectivity index (χ3n) is 2.63. The van der Waals surface area contributed by atoms with Gasteiger partial charge in [0.1, 0.15) is 0 Å². The van der Waals surface area contributed by atoms with Crippen LogP contribution >= 0.6 is 23.1 Å². The van der Waals surface area contributed by atoms with E-state index in [4.69, 9.17) is 8.94 Å². The van der Waals surface area contributed by atoms with Crippen LogP contribution in [0.2, 0.25) is 0 Å². The predicted molar refractivity (Wildman–Crippen MR) is 75.7 cm³/mol. The zero-order valence-corrected chi connectivity index (χ0v) is 12.8. The minimum atomic E-state index is -0.0334. The Hall–Kier alpha value is -1.67. The van der Waals surface area contributed by atoms with Crippen LogP contribution < -0.4 is 0 Å². The van der Waals surface area contributed by atoms with Crippen LogP contribution in [0.3, 0.4) is 0 Å². The van der Waals surface area contributed by atoms with Crippen molar-refractivity contribution in [2.45, 2.75) is 31.2 Å². The molecule has 1 atom stereocenters. The molecule has 0 N–H and O–H groups in total. The molecule has 3 aromatic heterocycles. The van der Waals surface area contributed by atoms with E-state index in [1.165, 1.54) is 11.8 Å². The summed E-state index contributed by atoms with van der Waals surface area (Å²) in [6, 6.07) is 2.03. The minimum absolute atomic E-state index is 0.0334. The van der Waals surface area contributed by atoms with Crippen molar-refractivity contribution in [3.8, 4) is 10.8 Å². The van der Waals surface area contributed by atoms with Gasteiger partial charge >= 0.3 is 0 Å². The van der Waals surface area contributed by atoms with Gasteiger partial charge in [0.05, 0.1) is 10.1 Å². The largest absolute Gasteiger partial charge is 0.410 e. The van der Waals surface area contributed by atoms with Crippen LogP contribution in [0, 0.1) is 13.8 Å². The van der Waals surface area contributed by atoms with Gasteiger partial charge in [0, 0.05) is 0 Å². The van der Waals surface area contributed by atoms with Gasteiger partial charge in [0.15, 0.2) is 5.82 Å². The minimum Gasteiger partial charge on any atom is -0.410 e. The Morgan fingerprint density at radius 3 is 2.80 bits per heavy atom. The Labute approximate surface area is 123 Å². The van der Waals surface area contributed by atoms with Gasteiger partial charge in [-0.1, -0.05) is 16.9 Å². The van der Waals surface area contributed by atoms with Crippen molar-refractivity contribution in [2.75, 3.05) is 0 Å². The summed E-state index contributed by atoms with van der Waals surface area (Å²) in [4.78, 5) is 5.20. The summed E-state index contributed by atoms with van der Waals surface area (Å²) in [6.07, 6.45) is 0. The van der Waals surface area contributed by atoms with Crippen molar-refractivity contribution in [1.82, 2.24) is 20.3 Å². The van der Waals surface area contributed by atoms with Crippen molar-refractivity contribution in [2.24, 2.45) is 0 Å². The molecule has 0 saturated heterocycles. The molecule has 20 heavy (non-hydrogen) atoms. The molecule has 0 bridgehead atoms. The summed E-state index contributed by atoms with van der Waals surface area (Å²) in [5.74, 6) is 1.72. The van der Waals surface area contributed by atoms with Gasteiger partial charge in [-0.2, -0.15) is 4.98 Å². The van der Waals surface area contributed by atoms with Crippen LogP contribution in [0.25, 0.3) is 10.8 Å². The molecule has 104 valence electrons. The van der Waals surface area contributed by atoms with Crippen LogP contribution in [0.4, 0.5) is 0 Å². The van der Waals surface area contributed by atoms with Gasteiger partial charge in [-0.3, -0.25) is 0 Å². The van der Waals surface area contributed by atoms with Gasteiger partial charge in [0.25, 0.3) is 11.1 Å². The molecule has 3 heterocycles. The SMILES string of the molecule is Cc1noc([C@H](C)Sc2nnc(-c3sccc3C)o2)n1. The lowest BCUT2D eigenvalue weighted by Crippen LogP contribution is -1.88. The van der Waals surface area contributed by atoms with E-state index in [9.17, 15) is 0 Å². The highest BCUT2D eigenvalue weighted by Gasteiger charge is 2.19. The Kier molecular flexibility index (Phi) is 3.58. The van der Waals surface area contributed by atoms with Gasteiger partial charge < -0.3 is 8.94 Å². The average molecular weight is 308 g/mol. The number of rotatable bonds is 4. The molecule has 0 fully saturated rings. The standard InChI is InChI=1S/C12H12N4O2S2/c1-6-4-5-19-9(6)11-14-15-12(17-11)20-7(2)10-13-8(3)16-18-10/h4-5,7H,1-3H3/t7-/m0/s1. The maximum Gasteiger partial charge on any atom is 0.277 e. The van der Waals surface area contributed by atoms with E-state index in [1.54, 1.807) is 18.3 Å². The number of thioether (sulfide) groups is 1. The summed E-state index contributed by atoms with van der Waals surface area (Å²) in [6.45, 7) is 5.76. The monoisotopic (exact) mass is 308 g/mol. The maximum atomic E-state index is 5.67. The Morgan fingerprint density at radius 1 is 1.30 bits per heavy atom. The smallest absolute Gasteiger partial charge is 0.277 e. The third kappa shape index (κ3) is 2.61. The molecule has 3 aromatic rings. The van der Waals surface area contributed by atoms with Crippen molar-refractivity contribution in [3.63, 3.8) is 0 Å². The summed E-state index contributed by atoms with van der Waals surface area (Å²) < 4.78 is 10.8. The van der Waals surface area contributed by atoms with Crippen LogP contribution in [0.15, 0.2) is 25.6 Å². The first-order valence-electron chi connectivity index (χ1n) is 5.98. The second-order valence-corrected chi connectivity index (χ2v) is 6.45. The number of hydrogen-bond donors (Lipinski definition) is 0. The van der Waals surface area contributed by atoms with Crippen molar-refractivity contribution in [1.29, 1.82) is 0 Å². The molecule has 0 aliphatic rings. The molecular weight excluding hydrogens is 296 g/mol. The van der Waals surface area contributed by atoms with Gasteiger partial charge in [-0.25, -0.2) is 0 Å². The number of aryl methyl sites for hydroxylation is 2. The molecular formula is C12H12N4O2S2. The fraction of sp³-hybridized carbons (Fsp3) is 0.333. The first kappa shape index (κ1) is 13.3. The van der Waals surface area contributed by atoms with E-state index in [0.29, 0.717) is 22.8 Å². The molecule has 0 amide bonds. The molecule has 0 spiro atoms. The van der Waals surface area contributed by atoms with E-state index in [2.05, 4.69) is 20.3 Å². The molecule has 0 aliphatic carbocycles. The Balaban J connectivity index is 1.76. The lowest BCUT2D eigenvalue weighted by molar-refractivity contribution is 0.375. The van der Waals surface area contributed by atoms with E-state index in [1.807, 2.05) is 25.3 Å². The van der Waals surface area contributed by atoms with E-state index < -0.39 is 0 Å². The van der Waals surface area contributed by atoms with Crippen molar-refractivity contribution in [3.05, 3.63) is 28.7 Å². The van der Waals surface area contributed by atoms with E-state index >= 15 is 0 Å². The molecule has 6 nitrogen and oxygen atoms in total. The van der Waals surface area contributed by atoms with Gasteiger partial charge in [-0.15, -0.1) is 21.5 Å². The highest BCUT2D eigenvalue weighted by Crippen LogP contribution is 2.35. The van der Waals surface area contributed by atoms with E-state index in [0.717, 1.165) is 10.4 Å². The van der Waals surface area contributed by atoms with Crippen LogP contribution in [0.5, 0.6) is 0 Å². The highest BCUT2D eigenvalue weighted by molar-refractivity contribution is 7.99. The zero-order valence-electron chi connectivity index (χ0n) is 11.2. The number of thiophene rings is 1. The first-order valence-corrected chi connectivity index (χ1v) is 7.74. The topological polar surface area (TPSA) is 77.8 Å². The lowest BCUT2D eigenvalue weighted by atomic mass is 10.3. The fourth-order valence-electron chi connectivity index (χ4n) is 1.62. The molecule has 0 saturated carbocycles. The number of nitrogens with zero attached hydrogens (tertiary/aromatic N) is 4. The van der Waals surface area contributed by atoms with E-state index in [-0.39, 0.29) is 5.25 Å². The van der Waals surface area contributed by atoms with Crippen LogP contribution in [-0.4, -0.2) is 20.3 Å². The lowest BCUT2D eigenvalue weighted by Gasteiger charge is -2.00. The van der Waals surface area contributed by atoms with Gasteiger partial charge in [-0.05, 0) is 37.8 Å². The summed E-state index contributed by atoms with van der Waals surface area (Å²) in [7, 11) is 0. The van der Waals surface area contributed by atoms with Crippen molar-refractivity contribution >= 4 is 23.1 Å². The predicted octanol–water partition coefficient (Wildman–Crippen LogP) is 3.65. The van der Waals surface area contributed by atoms with Crippen molar-refractivity contribution < 1.29 is 8.94 Å². The number of hydrogen-bond acceptors (Lipinski definition) is 8. The number of aromatic nitrogens is 4. The molecule has 8 heteroatoms. The molecule has 0 aromatic carbocycles. The zero-order chi connectivity index (χ0) is 14.1.